The highest BCUT2D eigenvalue weighted by Gasteiger charge is 2.18. The molecule has 1 aliphatic rings. The first kappa shape index (κ1) is 15.2. The van der Waals surface area contributed by atoms with Crippen LogP contribution in [-0.4, -0.2) is 43.5 Å². The van der Waals surface area contributed by atoms with E-state index >= 15 is 0 Å². The van der Waals surface area contributed by atoms with E-state index in [1.807, 2.05) is 19.2 Å². The largest absolute Gasteiger partial charge is 0.377 e. The topological polar surface area (TPSA) is 29.5 Å². The minimum absolute atomic E-state index is 0.188. The van der Waals surface area contributed by atoms with Crippen LogP contribution in [-0.2, 0) is 11.2 Å². The summed E-state index contributed by atoms with van der Waals surface area (Å²) in [5, 5.41) is 0. The molecule has 1 aliphatic heterocycles. The van der Waals surface area contributed by atoms with Crippen molar-refractivity contribution in [2.75, 3.05) is 26.7 Å². The van der Waals surface area contributed by atoms with Gasteiger partial charge in [-0.3, -0.25) is 9.69 Å². The van der Waals surface area contributed by atoms with Gasteiger partial charge in [0, 0.05) is 18.7 Å². The first-order valence-electron chi connectivity index (χ1n) is 7.61. The first-order chi connectivity index (χ1) is 9.69. The number of ketones is 1. The van der Waals surface area contributed by atoms with Crippen molar-refractivity contribution in [1.82, 2.24) is 4.90 Å². The summed E-state index contributed by atoms with van der Waals surface area (Å²) < 4.78 is 5.60. The Kier molecular flexibility index (Phi) is 5.74. The van der Waals surface area contributed by atoms with Crippen molar-refractivity contribution in [3.63, 3.8) is 0 Å². The second-order valence-electron chi connectivity index (χ2n) is 5.70. The number of nitrogens with zero attached hydrogens (tertiary/aromatic N) is 1. The highest BCUT2D eigenvalue weighted by atomic mass is 16.5. The van der Waals surface area contributed by atoms with Crippen molar-refractivity contribution in [2.45, 2.75) is 38.7 Å². The van der Waals surface area contributed by atoms with E-state index in [1.165, 1.54) is 5.56 Å². The van der Waals surface area contributed by atoms with E-state index in [-0.39, 0.29) is 5.78 Å². The summed E-state index contributed by atoms with van der Waals surface area (Å²) >= 11 is 0. The van der Waals surface area contributed by atoms with E-state index in [2.05, 4.69) is 24.0 Å². The Bertz CT molecular complexity index is 421. The van der Waals surface area contributed by atoms with Crippen LogP contribution in [0.2, 0.25) is 0 Å². The van der Waals surface area contributed by atoms with Crippen molar-refractivity contribution >= 4 is 5.78 Å². The molecule has 0 N–H and O–H groups in total. The van der Waals surface area contributed by atoms with Crippen molar-refractivity contribution in [1.29, 1.82) is 0 Å². The van der Waals surface area contributed by atoms with E-state index < -0.39 is 0 Å². The number of hydrogen-bond acceptors (Lipinski definition) is 3. The standard InChI is InChI=1S/C17H25NO2/c1-3-5-14-7-9-15(10-8-14)17(19)13-18(2)12-16-6-4-11-20-16/h7-10,16H,3-6,11-13H2,1-2H3. The fourth-order valence-corrected chi connectivity index (χ4v) is 2.68. The Hall–Kier alpha value is -1.19. The van der Waals surface area contributed by atoms with Crippen LogP contribution in [0.25, 0.3) is 0 Å². The summed E-state index contributed by atoms with van der Waals surface area (Å²) in [5.41, 5.74) is 2.11. The molecule has 0 aliphatic carbocycles. The summed E-state index contributed by atoms with van der Waals surface area (Å²) in [7, 11) is 1.99. The van der Waals surface area contributed by atoms with E-state index in [1.54, 1.807) is 0 Å². The smallest absolute Gasteiger partial charge is 0.176 e. The second kappa shape index (κ2) is 7.55. The minimum Gasteiger partial charge on any atom is -0.377 e. The molecule has 0 aromatic heterocycles. The molecule has 0 amide bonds. The molecule has 3 heteroatoms. The maximum Gasteiger partial charge on any atom is 0.176 e. The zero-order valence-corrected chi connectivity index (χ0v) is 12.6. The molecular formula is C17H25NO2. The van der Waals surface area contributed by atoms with Crippen molar-refractivity contribution < 1.29 is 9.53 Å². The summed E-state index contributed by atoms with van der Waals surface area (Å²) in [5.74, 6) is 0.188. The number of likely N-dealkylation sites (N-methyl/N-ethyl adjacent to an activating group) is 1. The van der Waals surface area contributed by atoms with E-state index in [4.69, 9.17) is 4.74 Å². The molecule has 20 heavy (non-hydrogen) atoms. The molecule has 0 radical (unpaired) electrons. The fourth-order valence-electron chi connectivity index (χ4n) is 2.68. The lowest BCUT2D eigenvalue weighted by Crippen LogP contribution is -2.33. The number of hydrogen-bond donors (Lipinski definition) is 0. The number of carbonyl (C=O) groups excluding carboxylic acids is 1. The quantitative estimate of drug-likeness (QED) is 0.717. The van der Waals surface area contributed by atoms with Gasteiger partial charge in [-0.1, -0.05) is 37.6 Å². The van der Waals surface area contributed by atoms with Crippen LogP contribution >= 0.6 is 0 Å². The molecular weight excluding hydrogens is 250 g/mol. The number of carbonyl (C=O) groups is 1. The van der Waals surface area contributed by atoms with Crippen molar-refractivity contribution in [3.05, 3.63) is 35.4 Å². The van der Waals surface area contributed by atoms with Crippen LogP contribution < -0.4 is 0 Å². The summed E-state index contributed by atoms with van der Waals surface area (Å²) in [6.45, 7) is 4.34. The minimum atomic E-state index is 0.188. The molecule has 0 bridgehead atoms. The molecule has 1 aromatic rings. The zero-order chi connectivity index (χ0) is 14.4. The van der Waals surface area contributed by atoms with Crippen LogP contribution in [0.1, 0.15) is 42.1 Å². The predicted molar refractivity (Wildman–Crippen MR) is 81.2 cm³/mol. The Morgan fingerprint density at radius 1 is 1.35 bits per heavy atom. The van der Waals surface area contributed by atoms with Gasteiger partial charge in [0.05, 0.1) is 12.6 Å². The summed E-state index contributed by atoms with van der Waals surface area (Å²) in [4.78, 5) is 14.3. The molecule has 1 fully saturated rings. The zero-order valence-electron chi connectivity index (χ0n) is 12.6. The van der Waals surface area contributed by atoms with Crippen LogP contribution in [0.5, 0.6) is 0 Å². The van der Waals surface area contributed by atoms with E-state index in [0.29, 0.717) is 12.6 Å². The molecule has 1 unspecified atom stereocenters. The van der Waals surface area contributed by atoms with Crippen molar-refractivity contribution in [3.8, 4) is 0 Å². The number of rotatable bonds is 7. The second-order valence-corrected chi connectivity index (χ2v) is 5.70. The lowest BCUT2D eigenvalue weighted by Gasteiger charge is -2.19. The van der Waals surface area contributed by atoms with Gasteiger partial charge in [0.25, 0.3) is 0 Å². The normalized spacial score (nSPS) is 18.6. The third-order valence-corrected chi connectivity index (χ3v) is 3.77. The lowest BCUT2D eigenvalue weighted by molar-refractivity contribution is 0.0740. The van der Waals surface area contributed by atoms with Crippen molar-refractivity contribution in [2.24, 2.45) is 0 Å². The lowest BCUT2D eigenvalue weighted by atomic mass is 10.1. The Labute approximate surface area is 121 Å². The first-order valence-corrected chi connectivity index (χ1v) is 7.61. The average molecular weight is 275 g/mol. The molecule has 1 heterocycles. The van der Waals surface area contributed by atoms with Gasteiger partial charge in [-0.15, -0.1) is 0 Å². The number of benzene rings is 1. The average Bonchev–Trinajstić information content (AvgIpc) is 2.92. The number of Topliss-reactive ketones (excluding diaryl/α,β-unsaturated/α-hetero) is 1. The molecule has 2 rings (SSSR count). The fraction of sp³-hybridized carbons (Fsp3) is 0.588. The van der Waals surface area contributed by atoms with Gasteiger partial charge in [-0.05, 0) is 31.9 Å². The molecule has 1 aromatic carbocycles. The molecule has 3 nitrogen and oxygen atoms in total. The third kappa shape index (κ3) is 4.43. The molecule has 0 saturated carbocycles. The number of ether oxygens (including phenoxy) is 1. The van der Waals surface area contributed by atoms with Gasteiger partial charge in [0.15, 0.2) is 5.78 Å². The van der Waals surface area contributed by atoms with Crippen LogP contribution in [0.4, 0.5) is 0 Å². The highest BCUT2D eigenvalue weighted by Crippen LogP contribution is 2.13. The summed E-state index contributed by atoms with van der Waals surface area (Å²) in [6, 6.07) is 8.04. The maximum absolute atomic E-state index is 12.2. The van der Waals surface area contributed by atoms with E-state index in [0.717, 1.165) is 44.4 Å². The van der Waals surface area contributed by atoms with Gasteiger partial charge in [0.2, 0.25) is 0 Å². The summed E-state index contributed by atoms with van der Waals surface area (Å²) in [6.07, 6.45) is 4.78. The molecule has 1 saturated heterocycles. The Morgan fingerprint density at radius 2 is 2.10 bits per heavy atom. The van der Waals surface area contributed by atoms with Gasteiger partial charge in [0.1, 0.15) is 0 Å². The maximum atomic E-state index is 12.2. The molecule has 110 valence electrons. The van der Waals surface area contributed by atoms with E-state index in [9.17, 15) is 4.79 Å². The SMILES string of the molecule is CCCc1ccc(C(=O)CN(C)CC2CCCO2)cc1. The van der Waals surface area contributed by atoms with Crippen LogP contribution in [0.15, 0.2) is 24.3 Å². The molecule has 0 spiro atoms. The van der Waals surface area contributed by atoms with Gasteiger partial charge in [-0.2, -0.15) is 0 Å². The van der Waals surface area contributed by atoms with Crippen LogP contribution in [0, 0.1) is 0 Å². The Balaban J connectivity index is 1.83. The highest BCUT2D eigenvalue weighted by molar-refractivity contribution is 5.97. The van der Waals surface area contributed by atoms with Gasteiger partial charge in [-0.25, -0.2) is 0 Å². The monoisotopic (exact) mass is 275 g/mol. The molecule has 1 atom stereocenters. The van der Waals surface area contributed by atoms with Gasteiger partial charge < -0.3 is 4.74 Å². The number of aryl methyl sites for hydroxylation is 1. The third-order valence-electron chi connectivity index (χ3n) is 3.77. The van der Waals surface area contributed by atoms with Gasteiger partial charge >= 0.3 is 0 Å². The van der Waals surface area contributed by atoms with Crippen LogP contribution in [0.3, 0.4) is 0 Å². The Morgan fingerprint density at radius 3 is 2.70 bits per heavy atom. The predicted octanol–water partition coefficient (Wildman–Crippen LogP) is 2.93.